The highest BCUT2D eigenvalue weighted by atomic mass is 32.2. The number of thioether (sulfide) groups is 1. The molecule has 1 aliphatic carbocycles. The van der Waals surface area contributed by atoms with Gasteiger partial charge in [0, 0.05) is 12.6 Å². The second-order valence-corrected chi connectivity index (χ2v) is 6.29. The maximum atomic E-state index is 12.2. The first-order chi connectivity index (χ1) is 8.68. The number of nitrogens with zero attached hydrogens (tertiary/aromatic N) is 1. The van der Waals surface area contributed by atoms with Crippen LogP contribution in [0.2, 0.25) is 0 Å². The summed E-state index contributed by atoms with van der Waals surface area (Å²) in [5.41, 5.74) is 5.08. The van der Waals surface area contributed by atoms with E-state index in [0.29, 0.717) is 11.8 Å². The third-order valence-corrected chi connectivity index (χ3v) is 4.97. The maximum Gasteiger partial charge on any atom is 0.232 e. The Morgan fingerprint density at radius 2 is 1.83 bits per heavy atom. The van der Waals surface area contributed by atoms with Gasteiger partial charge >= 0.3 is 0 Å². The van der Waals surface area contributed by atoms with Gasteiger partial charge in [-0.1, -0.05) is 12.8 Å². The van der Waals surface area contributed by atoms with Gasteiger partial charge in [0.25, 0.3) is 0 Å². The Labute approximate surface area is 113 Å². The summed E-state index contributed by atoms with van der Waals surface area (Å²) >= 11 is 1.34. The van der Waals surface area contributed by atoms with E-state index in [1.54, 1.807) is 0 Å². The first-order valence-corrected chi connectivity index (χ1v) is 7.99. The van der Waals surface area contributed by atoms with Gasteiger partial charge in [-0.2, -0.15) is 0 Å². The van der Waals surface area contributed by atoms with Crippen molar-refractivity contribution in [3.8, 4) is 0 Å². The average molecular weight is 270 g/mol. The summed E-state index contributed by atoms with van der Waals surface area (Å²) < 4.78 is 0. The van der Waals surface area contributed by atoms with Crippen molar-refractivity contribution < 1.29 is 9.59 Å². The third kappa shape index (κ3) is 3.40. The Morgan fingerprint density at radius 3 is 2.61 bits per heavy atom. The summed E-state index contributed by atoms with van der Waals surface area (Å²) in [6.45, 7) is 0.900. The number of likely N-dealkylation sites (tertiary alicyclic amines) is 1. The van der Waals surface area contributed by atoms with Gasteiger partial charge in [-0.25, -0.2) is 0 Å². The van der Waals surface area contributed by atoms with Crippen molar-refractivity contribution in [3.05, 3.63) is 0 Å². The molecule has 102 valence electrons. The first-order valence-electron chi connectivity index (χ1n) is 6.84. The molecule has 2 unspecified atom stereocenters. The maximum absolute atomic E-state index is 12.2. The van der Waals surface area contributed by atoms with Gasteiger partial charge in [0.2, 0.25) is 11.8 Å². The second kappa shape index (κ2) is 6.45. The van der Waals surface area contributed by atoms with Crippen LogP contribution in [0, 0.1) is 5.92 Å². The van der Waals surface area contributed by atoms with E-state index >= 15 is 0 Å². The largest absolute Gasteiger partial charge is 0.369 e. The number of hydrogen-bond donors (Lipinski definition) is 1. The van der Waals surface area contributed by atoms with E-state index in [-0.39, 0.29) is 17.6 Å². The molecule has 0 spiro atoms. The molecule has 2 N–H and O–H groups in total. The third-order valence-electron chi connectivity index (χ3n) is 4.03. The minimum Gasteiger partial charge on any atom is -0.369 e. The van der Waals surface area contributed by atoms with Crippen molar-refractivity contribution in [2.75, 3.05) is 18.1 Å². The Morgan fingerprint density at radius 1 is 1.11 bits per heavy atom. The SMILES string of the molecule is NC(=O)CSCC(=O)N1CCCC2CCCCC21. The Balaban J connectivity index is 1.85. The molecule has 1 aliphatic heterocycles. The lowest BCUT2D eigenvalue weighted by atomic mass is 9.78. The topological polar surface area (TPSA) is 63.4 Å². The standard InChI is InChI=1S/C13H22N2O2S/c14-12(16)8-18-9-13(17)15-7-3-5-10-4-1-2-6-11(10)15/h10-11H,1-9H2,(H2,14,16). The lowest BCUT2D eigenvalue weighted by molar-refractivity contribution is -0.134. The van der Waals surface area contributed by atoms with Crippen LogP contribution in [0.5, 0.6) is 0 Å². The zero-order valence-corrected chi connectivity index (χ0v) is 11.6. The lowest BCUT2D eigenvalue weighted by Crippen LogP contribution is -2.50. The summed E-state index contributed by atoms with van der Waals surface area (Å²) in [5, 5.41) is 0. The van der Waals surface area contributed by atoms with E-state index in [9.17, 15) is 9.59 Å². The van der Waals surface area contributed by atoms with Crippen LogP contribution in [-0.4, -0.2) is 40.8 Å². The summed E-state index contributed by atoms with van der Waals surface area (Å²) in [5.74, 6) is 1.21. The van der Waals surface area contributed by atoms with Gasteiger partial charge in [0.05, 0.1) is 11.5 Å². The van der Waals surface area contributed by atoms with Crippen LogP contribution >= 0.6 is 11.8 Å². The number of carbonyl (C=O) groups is 2. The highest BCUT2D eigenvalue weighted by Gasteiger charge is 2.35. The normalized spacial score (nSPS) is 27.7. The van der Waals surface area contributed by atoms with E-state index in [4.69, 9.17) is 5.73 Å². The Bertz CT molecular complexity index is 320. The van der Waals surface area contributed by atoms with Crippen LogP contribution in [0.4, 0.5) is 0 Å². The van der Waals surface area contributed by atoms with Crippen molar-refractivity contribution in [2.45, 2.75) is 44.6 Å². The number of amides is 2. The first kappa shape index (κ1) is 13.7. The molecule has 1 saturated carbocycles. The quantitative estimate of drug-likeness (QED) is 0.839. The van der Waals surface area contributed by atoms with Crippen molar-refractivity contribution in [3.63, 3.8) is 0 Å². The van der Waals surface area contributed by atoms with Crippen LogP contribution < -0.4 is 5.73 Å². The van der Waals surface area contributed by atoms with Crippen LogP contribution in [0.1, 0.15) is 38.5 Å². The van der Waals surface area contributed by atoms with Gasteiger partial charge in [-0.05, 0) is 31.6 Å². The number of hydrogen-bond acceptors (Lipinski definition) is 3. The summed E-state index contributed by atoms with van der Waals surface area (Å²) in [7, 11) is 0. The zero-order valence-electron chi connectivity index (χ0n) is 10.8. The fourth-order valence-corrected chi connectivity index (χ4v) is 3.90. The Kier molecular flexibility index (Phi) is 4.92. The van der Waals surface area contributed by atoms with Crippen LogP contribution in [0.3, 0.4) is 0 Å². The fourth-order valence-electron chi connectivity index (χ4n) is 3.26. The van der Waals surface area contributed by atoms with Crippen molar-refractivity contribution >= 4 is 23.6 Å². The van der Waals surface area contributed by atoms with Gasteiger partial charge < -0.3 is 10.6 Å². The number of primary amides is 1. The van der Waals surface area contributed by atoms with E-state index in [2.05, 4.69) is 4.90 Å². The van der Waals surface area contributed by atoms with Crippen LogP contribution in [0.15, 0.2) is 0 Å². The van der Waals surface area contributed by atoms with Crippen molar-refractivity contribution in [1.82, 2.24) is 4.90 Å². The summed E-state index contributed by atoms with van der Waals surface area (Å²) in [4.78, 5) is 24.9. The van der Waals surface area contributed by atoms with E-state index in [1.807, 2.05) is 0 Å². The minimum absolute atomic E-state index is 0.192. The predicted octanol–water partition coefficient (Wildman–Crippen LogP) is 1.39. The highest BCUT2D eigenvalue weighted by molar-refractivity contribution is 8.00. The fraction of sp³-hybridized carbons (Fsp3) is 0.846. The molecule has 2 amide bonds. The molecule has 0 radical (unpaired) electrons. The molecule has 4 nitrogen and oxygen atoms in total. The number of carbonyl (C=O) groups excluding carboxylic acids is 2. The smallest absolute Gasteiger partial charge is 0.232 e. The van der Waals surface area contributed by atoms with Gasteiger partial charge in [-0.15, -0.1) is 11.8 Å². The number of piperidine rings is 1. The monoisotopic (exact) mass is 270 g/mol. The highest BCUT2D eigenvalue weighted by Crippen LogP contribution is 2.35. The molecule has 2 fully saturated rings. The van der Waals surface area contributed by atoms with E-state index < -0.39 is 0 Å². The zero-order chi connectivity index (χ0) is 13.0. The summed E-state index contributed by atoms with van der Waals surface area (Å²) in [6.07, 6.45) is 7.43. The van der Waals surface area contributed by atoms with E-state index in [0.717, 1.165) is 25.3 Å². The number of nitrogens with two attached hydrogens (primary N) is 1. The molecule has 0 bridgehead atoms. The molecule has 1 heterocycles. The molecular weight excluding hydrogens is 248 g/mol. The molecule has 0 aromatic rings. The predicted molar refractivity (Wildman–Crippen MR) is 73.2 cm³/mol. The molecule has 18 heavy (non-hydrogen) atoms. The summed E-state index contributed by atoms with van der Waals surface area (Å²) in [6, 6.07) is 0.467. The number of fused-ring (bicyclic) bond motifs is 1. The lowest BCUT2D eigenvalue weighted by Gasteiger charge is -2.44. The van der Waals surface area contributed by atoms with Crippen LogP contribution in [0.25, 0.3) is 0 Å². The average Bonchev–Trinajstić information content (AvgIpc) is 2.37. The molecule has 1 saturated heterocycles. The number of rotatable bonds is 4. The molecule has 2 aliphatic rings. The second-order valence-electron chi connectivity index (χ2n) is 5.30. The van der Waals surface area contributed by atoms with Crippen LogP contribution in [-0.2, 0) is 9.59 Å². The molecule has 0 aromatic heterocycles. The molecular formula is C13H22N2O2S. The Hall–Kier alpha value is -0.710. The van der Waals surface area contributed by atoms with E-state index in [1.165, 1.54) is 37.4 Å². The minimum atomic E-state index is -0.345. The van der Waals surface area contributed by atoms with Crippen molar-refractivity contribution in [1.29, 1.82) is 0 Å². The van der Waals surface area contributed by atoms with Gasteiger partial charge in [0.15, 0.2) is 0 Å². The molecule has 2 atom stereocenters. The molecule has 2 rings (SSSR count). The molecule has 5 heteroatoms. The van der Waals surface area contributed by atoms with Crippen molar-refractivity contribution in [2.24, 2.45) is 11.7 Å². The van der Waals surface area contributed by atoms with Gasteiger partial charge in [-0.3, -0.25) is 9.59 Å². The van der Waals surface area contributed by atoms with Gasteiger partial charge in [0.1, 0.15) is 0 Å². The molecule has 0 aromatic carbocycles.